The summed E-state index contributed by atoms with van der Waals surface area (Å²) in [6.07, 6.45) is 6.02. The van der Waals surface area contributed by atoms with E-state index in [1.54, 1.807) is 23.5 Å². The molecule has 28 heavy (non-hydrogen) atoms. The number of aromatic nitrogens is 2. The van der Waals surface area contributed by atoms with E-state index in [0.29, 0.717) is 32.5 Å². The molecule has 2 fully saturated rings. The average Bonchev–Trinajstić information content (AvgIpc) is 2.93. The third-order valence-corrected chi connectivity index (χ3v) is 5.59. The van der Waals surface area contributed by atoms with Crippen molar-refractivity contribution in [2.45, 2.75) is 24.9 Å². The Morgan fingerprint density at radius 1 is 1.07 bits per heavy atom. The predicted octanol–water partition coefficient (Wildman–Crippen LogP) is 1.27. The summed E-state index contributed by atoms with van der Waals surface area (Å²) in [7, 11) is 0. The maximum absolute atomic E-state index is 13.2. The number of β-amino-alcohol motifs (C(OH)–C–C–N with tert-alkyl or cyclic N) is 1. The molecule has 2 aliphatic rings. The molecule has 0 aliphatic carbocycles. The number of rotatable bonds is 5. The lowest BCUT2D eigenvalue weighted by Gasteiger charge is -2.42. The number of anilines is 1. The second-order valence-corrected chi connectivity index (χ2v) is 7.12. The highest BCUT2D eigenvalue weighted by atomic mass is 16.3. The summed E-state index contributed by atoms with van der Waals surface area (Å²) in [5, 5.41) is 9.33. The third kappa shape index (κ3) is 3.09. The number of hydrogen-bond donors (Lipinski definition) is 1. The Bertz CT molecular complexity index is 837. The van der Waals surface area contributed by atoms with E-state index in [-0.39, 0.29) is 25.1 Å². The fraction of sp³-hybridized carbons (Fsp3) is 0.400. The van der Waals surface area contributed by atoms with E-state index in [4.69, 9.17) is 0 Å². The van der Waals surface area contributed by atoms with Crippen LogP contribution in [0.1, 0.15) is 18.4 Å². The lowest BCUT2D eigenvalue weighted by molar-refractivity contribution is -0.134. The molecule has 8 heteroatoms. The van der Waals surface area contributed by atoms with Crippen molar-refractivity contribution in [3.63, 3.8) is 0 Å². The molecule has 3 heterocycles. The molecule has 1 N–H and O–H groups in total. The highest BCUT2D eigenvalue weighted by Gasteiger charge is 2.57. The van der Waals surface area contributed by atoms with Crippen LogP contribution in [0.5, 0.6) is 0 Å². The average molecular weight is 381 g/mol. The summed E-state index contributed by atoms with van der Waals surface area (Å²) in [4.78, 5) is 39.7. The first-order chi connectivity index (χ1) is 13.7. The quantitative estimate of drug-likeness (QED) is 0.785. The van der Waals surface area contributed by atoms with Gasteiger partial charge in [0.25, 0.3) is 5.91 Å². The Morgan fingerprint density at radius 2 is 1.82 bits per heavy atom. The van der Waals surface area contributed by atoms with Gasteiger partial charge in [0.2, 0.25) is 0 Å². The molecule has 0 radical (unpaired) electrons. The monoisotopic (exact) mass is 381 g/mol. The molecule has 4 rings (SSSR count). The van der Waals surface area contributed by atoms with Crippen LogP contribution in [0.2, 0.25) is 0 Å². The van der Waals surface area contributed by atoms with E-state index in [2.05, 4.69) is 14.9 Å². The predicted molar refractivity (Wildman–Crippen MR) is 102 cm³/mol. The van der Waals surface area contributed by atoms with Gasteiger partial charge < -0.3 is 14.9 Å². The number of nitrogens with zero attached hydrogens (tertiary/aromatic N) is 5. The van der Waals surface area contributed by atoms with E-state index >= 15 is 0 Å². The van der Waals surface area contributed by atoms with Gasteiger partial charge in [-0.3, -0.25) is 14.7 Å². The van der Waals surface area contributed by atoms with Crippen LogP contribution in [-0.2, 0) is 11.3 Å². The number of hydrogen-bond acceptors (Lipinski definition) is 6. The molecule has 0 bridgehead atoms. The van der Waals surface area contributed by atoms with Crippen LogP contribution in [0.4, 0.5) is 10.6 Å². The van der Waals surface area contributed by atoms with Crippen molar-refractivity contribution in [3.8, 4) is 0 Å². The van der Waals surface area contributed by atoms with Crippen LogP contribution in [0, 0.1) is 0 Å². The van der Waals surface area contributed by atoms with Gasteiger partial charge in [0.1, 0.15) is 11.4 Å². The Hall–Kier alpha value is -3.00. The topological polar surface area (TPSA) is 89.9 Å². The Kier molecular flexibility index (Phi) is 4.95. The molecule has 1 aromatic heterocycles. The van der Waals surface area contributed by atoms with Gasteiger partial charge in [-0.05, 0) is 18.4 Å². The van der Waals surface area contributed by atoms with Crippen LogP contribution < -0.4 is 4.90 Å². The summed E-state index contributed by atoms with van der Waals surface area (Å²) in [6.45, 7) is 1.38. The van der Waals surface area contributed by atoms with Gasteiger partial charge in [0.05, 0.1) is 19.3 Å². The van der Waals surface area contributed by atoms with Gasteiger partial charge in [0, 0.05) is 32.0 Å². The highest BCUT2D eigenvalue weighted by molar-refractivity contribution is 6.07. The zero-order chi connectivity index (χ0) is 19.6. The third-order valence-electron chi connectivity index (χ3n) is 5.59. The molecule has 0 saturated carbocycles. The number of amides is 3. The molecule has 146 valence electrons. The number of carbonyl (C=O) groups is 2. The Balaban J connectivity index is 1.60. The largest absolute Gasteiger partial charge is 0.395 e. The number of piperidine rings is 1. The van der Waals surface area contributed by atoms with Crippen LogP contribution in [0.15, 0.2) is 48.9 Å². The molecule has 1 spiro atoms. The molecule has 0 unspecified atom stereocenters. The van der Waals surface area contributed by atoms with Gasteiger partial charge in [-0.1, -0.05) is 30.3 Å². The number of imide groups is 1. The number of aliphatic hydroxyl groups excluding tert-OH is 1. The molecular weight excluding hydrogens is 358 g/mol. The van der Waals surface area contributed by atoms with Crippen LogP contribution >= 0.6 is 0 Å². The molecule has 8 nitrogen and oxygen atoms in total. The lowest BCUT2D eigenvalue weighted by Crippen LogP contribution is -2.56. The molecular formula is C20H23N5O3. The number of carbonyl (C=O) groups excluding carboxylic acids is 2. The highest BCUT2D eigenvalue weighted by Crippen LogP contribution is 2.39. The van der Waals surface area contributed by atoms with Crippen LogP contribution in [0.3, 0.4) is 0 Å². The van der Waals surface area contributed by atoms with E-state index in [1.165, 1.54) is 4.90 Å². The summed E-state index contributed by atoms with van der Waals surface area (Å²) in [6, 6.07) is 9.35. The molecule has 2 saturated heterocycles. The SMILES string of the molecule is O=C1N(CCO)C(=O)C2(CCN(c3cnccn3)CC2)N1Cc1ccccc1. The number of aliphatic hydroxyl groups is 1. The molecule has 2 aliphatic heterocycles. The van der Waals surface area contributed by atoms with Gasteiger partial charge in [-0.25, -0.2) is 9.78 Å². The van der Waals surface area contributed by atoms with Crippen LogP contribution in [0.25, 0.3) is 0 Å². The minimum Gasteiger partial charge on any atom is -0.395 e. The smallest absolute Gasteiger partial charge is 0.328 e. The first-order valence-electron chi connectivity index (χ1n) is 9.45. The second-order valence-electron chi connectivity index (χ2n) is 7.12. The minimum atomic E-state index is -0.874. The van der Waals surface area contributed by atoms with Gasteiger partial charge in [0.15, 0.2) is 0 Å². The van der Waals surface area contributed by atoms with Gasteiger partial charge >= 0.3 is 6.03 Å². The van der Waals surface area contributed by atoms with E-state index in [1.807, 2.05) is 30.3 Å². The number of benzene rings is 1. The second kappa shape index (κ2) is 7.55. The summed E-state index contributed by atoms with van der Waals surface area (Å²) in [5.74, 6) is 0.567. The fourth-order valence-electron chi connectivity index (χ4n) is 4.11. The first kappa shape index (κ1) is 18.4. The summed E-state index contributed by atoms with van der Waals surface area (Å²) >= 11 is 0. The van der Waals surface area contributed by atoms with Crippen molar-refractivity contribution in [3.05, 3.63) is 54.5 Å². The standard InChI is InChI=1S/C20H23N5O3/c26-13-12-24-18(27)20(25(19(24)28)15-16-4-2-1-3-5-16)6-10-23(11-7-20)17-14-21-8-9-22-17/h1-5,8-9,14,26H,6-7,10-13,15H2. The van der Waals surface area contributed by atoms with Crippen molar-refractivity contribution < 1.29 is 14.7 Å². The van der Waals surface area contributed by atoms with Crippen molar-refractivity contribution in [2.24, 2.45) is 0 Å². The maximum Gasteiger partial charge on any atom is 0.328 e. The zero-order valence-electron chi connectivity index (χ0n) is 15.6. The van der Waals surface area contributed by atoms with Gasteiger partial charge in [-0.15, -0.1) is 0 Å². The van der Waals surface area contributed by atoms with Crippen molar-refractivity contribution in [1.82, 2.24) is 19.8 Å². The molecule has 2 aromatic rings. The Labute approximate surface area is 163 Å². The number of urea groups is 1. The van der Waals surface area contributed by atoms with E-state index in [0.717, 1.165) is 11.4 Å². The van der Waals surface area contributed by atoms with Crippen molar-refractivity contribution >= 4 is 17.8 Å². The van der Waals surface area contributed by atoms with Gasteiger partial charge in [-0.2, -0.15) is 0 Å². The van der Waals surface area contributed by atoms with Crippen molar-refractivity contribution in [1.29, 1.82) is 0 Å². The zero-order valence-corrected chi connectivity index (χ0v) is 15.6. The Morgan fingerprint density at radius 3 is 2.46 bits per heavy atom. The summed E-state index contributed by atoms with van der Waals surface area (Å²) < 4.78 is 0. The van der Waals surface area contributed by atoms with E-state index in [9.17, 15) is 14.7 Å². The van der Waals surface area contributed by atoms with Crippen LogP contribution in [-0.4, -0.2) is 68.6 Å². The first-order valence-corrected chi connectivity index (χ1v) is 9.45. The minimum absolute atomic E-state index is 0.0264. The summed E-state index contributed by atoms with van der Waals surface area (Å²) in [5.41, 5.74) is 0.103. The fourth-order valence-corrected chi connectivity index (χ4v) is 4.11. The molecule has 0 atom stereocenters. The van der Waals surface area contributed by atoms with Crippen molar-refractivity contribution in [2.75, 3.05) is 31.1 Å². The molecule has 1 aromatic carbocycles. The maximum atomic E-state index is 13.2. The normalized spacial score (nSPS) is 19.0. The lowest BCUT2D eigenvalue weighted by atomic mass is 9.85. The molecule has 3 amide bonds. The van der Waals surface area contributed by atoms with E-state index < -0.39 is 5.54 Å².